The number of carbonyl (C=O) groups is 2. The van der Waals surface area contributed by atoms with Crippen LogP contribution in [0.4, 0.5) is 0 Å². The van der Waals surface area contributed by atoms with Gasteiger partial charge in [0.15, 0.2) is 0 Å². The van der Waals surface area contributed by atoms with E-state index in [0.717, 1.165) is 32.1 Å². The lowest BCUT2D eigenvalue weighted by molar-refractivity contribution is -0.127. The Morgan fingerprint density at radius 3 is 2.67 bits per heavy atom. The molecule has 7 nitrogen and oxygen atoms in total. The Morgan fingerprint density at radius 1 is 1.22 bits per heavy atom. The predicted molar refractivity (Wildman–Crippen MR) is 99.6 cm³/mol. The summed E-state index contributed by atoms with van der Waals surface area (Å²) in [6, 6.07) is 6.45. The summed E-state index contributed by atoms with van der Waals surface area (Å²) in [5.41, 5.74) is -0.260. The highest BCUT2D eigenvalue weighted by atomic mass is 16.5. The molecule has 0 aromatic heterocycles. The number of carbonyl (C=O) groups excluding carboxylic acids is 2. The van der Waals surface area contributed by atoms with Gasteiger partial charge in [0.05, 0.1) is 25.9 Å². The summed E-state index contributed by atoms with van der Waals surface area (Å²) >= 11 is 0. The molecule has 27 heavy (non-hydrogen) atoms. The normalized spacial score (nSPS) is 21.3. The lowest BCUT2D eigenvalue weighted by Crippen LogP contribution is -2.56. The summed E-state index contributed by atoms with van der Waals surface area (Å²) in [5, 5.41) is 2.84. The first-order valence-electron chi connectivity index (χ1n) is 9.50. The fourth-order valence-corrected chi connectivity index (χ4v) is 4.02. The second kappa shape index (κ2) is 8.71. The third kappa shape index (κ3) is 3.94. The van der Waals surface area contributed by atoms with Crippen molar-refractivity contribution in [3.63, 3.8) is 0 Å². The van der Waals surface area contributed by atoms with E-state index in [2.05, 4.69) is 5.32 Å². The van der Waals surface area contributed by atoms with E-state index in [-0.39, 0.29) is 18.4 Å². The summed E-state index contributed by atoms with van der Waals surface area (Å²) in [6.45, 7) is 1.03. The van der Waals surface area contributed by atoms with E-state index in [9.17, 15) is 9.59 Å². The molecule has 1 spiro atoms. The van der Waals surface area contributed by atoms with E-state index in [1.807, 2.05) is 6.07 Å². The van der Waals surface area contributed by atoms with Crippen LogP contribution in [-0.4, -0.2) is 62.5 Å². The molecule has 1 N–H and O–H groups in total. The maximum Gasteiger partial charge on any atom is 0.260 e. The molecule has 1 aliphatic heterocycles. The Hall–Kier alpha value is -2.12. The van der Waals surface area contributed by atoms with Crippen LogP contribution < -0.4 is 10.1 Å². The molecule has 1 saturated carbocycles. The second-order valence-electron chi connectivity index (χ2n) is 6.99. The van der Waals surface area contributed by atoms with Gasteiger partial charge in [-0.05, 0) is 37.8 Å². The van der Waals surface area contributed by atoms with Crippen LogP contribution in [0.2, 0.25) is 0 Å². The maximum absolute atomic E-state index is 13.5. The van der Waals surface area contributed by atoms with Crippen LogP contribution in [0, 0.1) is 0 Å². The summed E-state index contributed by atoms with van der Waals surface area (Å²) in [5.74, 6) is 0.0652. The largest absolute Gasteiger partial charge is 0.496 e. The highest BCUT2D eigenvalue weighted by Crippen LogP contribution is 2.42. The summed E-state index contributed by atoms with van der Waals surface area (Å²) in [6.07, 6.45) is 4.57. The average Bonchev–Trinajstić information content (AvgIpc) is 3.06. The van der Waals surface area contributed by atoms with Gasteiger partial charge in [-0.3, -0.25) is 14.5 Å². The smallest absolute Gasteiger partial charge is 0.260 e. The number of amides is 2. The summed E-state index contributed by atoms with van der Waals surface area (Å²) < 4.78 is 16.5. The number of ether oxygens (including phenoxy) is 3. The van der Waals surface area contributed by atoms with Crippen molar-refractivity contribution in [1.82, 2.24) is 10.2 Å². The molecule has 1 aromatic rings. The van der Waals surface area contributed by atoms with Crippen molar-refractivity contribution in [2.45, 2.75) is 43.9 Å². The molecular formula is C20H28N2O5. The van der Waals surface area contributed by atoms with Crippen molar-refractivity contribution in [3.8, 4) is 5.75 Å². The molecule has 2 aliphatic rings. The molecule has 2 amide bonds. The monoisotopic (exact) mass is 376 g/mol. The molecule has 3 rings (SSSR count). The number of methoxy groups -OCH3 is 2. The summed E-state index contributed by atoms with van der Waals surface area (Å²) in [4.78, 5) is 27.9. The Balaban J connectivity index is 1.90. The van der Waals surface area contributed by atoms with Gasteiger partial charge in [0.1, 0.15) is 17.5 Å². The molecule has 2 fully saturated rings. The number of benzene rings is 1. The summed E-state index contributed by atoms with van der Waals surface area (Å²) in [7, 11) is 3.12. The molecule has 1 aliphatic carbocycles. The third-order valence-electron chi connectivity index (χ3n) is 5.36. The molecule has 148 valence electrons. The van der Waals surface area contributed by atoms with Gasteiger partial charge in [-0.1, -0.05) is 18.6 Å². The van der Waals surface area contributed by atoms with E-state index in [4.69, 9.17) is 14.2 Å². The number of para-hydroxylation sites is 1. The van der Waals surface area contributed by atoms with E-state index in [1.165, 1.54) is 7.11 Å². The molecule has 7 heteroatoms. The Kier molecular flexibility index (Phi) is 6.34. The quantitative estimate of drug-likeness (QED) is 0.768. The van der Waals surface area contributed by atoms with Crippen LogP contribution >= 0.6 is 0 Å². The SMILES string of the molecule is COCCNC(=O)[C@@H]1COC2(CCCCC2)N1C(=O)c1ccccc1OC. The Bertz CT molecular complexity index is 672. The van der Waals surface area contributed by atoms with Crippen molar-refractivity contribution in [2.24, 2.45) is 0 Å². The number of hydrogen-bond donors (Lipinski definition) is 1. The van der Waals surface area contributed by atoms with Crippen LogP contribution in [0.15, 0.2) is 24.3 Å². The van der Waals surface area contributed by atoms with Gasteiger partial charge >= 0.3 is 0 Å². The van der Waals surface area contributed by atoms with Crippen LogP contribution in [0.5, 0.6) is 5.75 Å². The molecule has 0 bridgehead atoms. The maximum atomic E-state index is 13.5. The first kappa shape index (κ1) is 19.6. The lowest BCUT2D eigenvalue weighted by atomic mass is 9.89. The predicted octanol–water partition coefficient (Wildman–Crippen LogP) is 1.96. The molecule has 1 saturated heterocycles. The van der Waals surface area contributed by atoms with Crippen molar-refractivity contribution < 1.29 is 23.8 Å². The molecule has 1 atom stereocenters. The molecule has 1 heterocycles. The van der Waals surface area contributed by atoms with Crippen LogP contribution in [0.1, 0.15) is 42.5 Å². The third-order valence-corrected chi connectivity index (χ3v) is 5.36. The fraction of sp³-hybridized carbons (Fsp3) is 0.600. The Labute approximate surface area is 160 Å². The Morgan fingerprint density at radius 2 is 1.96 bits per heavy atom. The van der Waals surface area contributed by atoms with Crippen molar-refractivity contribution >= 4 is 11.8 Å². The van der Waals surface area contributed by atoms with Gasteiger partial charge in [0, 0.05) is 13.7 Å². The van der Waals surface area contributed by atoms with Crippen LogP contribution in [-0.2, 0) is 14.3 Å². The number of nitrogens with one attached hydrogen (secondary N) is 1. The van der Waals surface area contributed by atoms with Gasteiger partial charge < -0.3 is 19.5 Å². The van der Waals surface area contributed by atoms with Crippen molar-refractivity contribution in [2.75, 3.05) is 34.0 Å². The zero-order valence-corrected chi connectivity index (χ0v) is 16.0. The number of rotatable bonds is 6. The first-order chi connectivity index (χ1) is 13.1. The van der Waals surface area contributed by atoms with E-state index < -0.39 is 11.8 Å². The molecular weight excluding hydrogens is 348 g/mol. The minimum Gasteiger partial charge on any atom is -0.496 e. The lowest BCUT2D eigenvalue weighted by Gasteiger charge is -2.41. The van der Waals surface area contributed by atoms with E-state index in [0.29, 0.717) is 24.5 Å². The molecule has 0 unspecified atom stereocenters. The number of hydrogen-bond acceptors (Lipinski definition) is 5. The van der Waals surface area contributed by atoms with E-state index >= 15 is 0 Å². The van der Waals surface area contributed by atoms with Crippen LogP contribution in [0.25, 0.3) is 0 Å². The van der Waals surface area contributed by atoms with Crippen molar-refractivity contribution in [3.05, 3.63) is 29.8 Å². The van der Waals surface area contributed by atoms with Gasteiger partial charge in [-0.25, -0.2) is 0 Å². The van der Waals surface area contributed by atoms with Gasteiger partial charge in [-0.15, -0.1) is 0 Å². The topological polar surface area (TPSA) is 77.1 Å². The van der Waals surface area contributed by atoms with Gasteiger partial charge in [0.25, 0.3) is 5.91 Å². The molecule has 1 aromatic carbocycles. The highest BCUT2D eigenvalue weighted by molar-refractivity contribution is 6.00. The first-order valence-corrected chi connectivity index (χ1v) is 9.50. The highest BCUT2D eigenvalue weighted by Gasteiger charge is 2.53. The van der Waals surface area contributed by atoms with Crippen molar-refractivity contribution in [1.29, 1.82) is 0 Å². The van der Waals surface area contributed by atoms with Gasteiger partial charge in [-0.2, -0.15) is 0 Å². The van der Waals surface area contributed by atoms with Crippen LogP contribution in [0.3, 0.4) is 0 Å². The number of nitrogens with zero attached hydrogens (tertiary/aromatic N) is 1. The average molecular weight is 376 g/mol. The zero-order chi connectivity index (χ0) is 19.3. The van der Waals surface area contributed by atoms with Gasteiger partial charge in [0.2, 0.25) is 5.91 Å². The minimum absolute atomic E-state index is 0.208. The second-order valence-corrected chi connectivity index (χ2v) is 6.99. The minimum atomic E-state index is -0.709. The van der Waals surface area contributed by atoms with E-state index in [1.54, 1.807) is 30.2 Å². The standard InChI is InChI=1S/C20H28N2O5/c1-25-13-12-21-18(23)16-14-27-20(10-6-3-7-11-20)22(16)19(24)15-8-4-5-9-17(15)26-2/h4-5,8-9,16H,3,6-7,10-14H2,1-2H3,(H,21,23)/t16-/m0/s1. The fourth-order valence-electron chi connectivity index (χ4n) is 4.02. The zero-order valence-electron chi connectivity index (χ0n) is 16.0. The molecule has 0 radical (unpaired) electrons.